The smallest absolute Gasteiger partial charge is 0.229 e. The van der Waals surface area contributed by atoms with Gasteiger partial charge in [-0.15, -0.1) is 0 Å². The van der Waals surface area contributed by atoms with Crippen molar-refractivity contribution in [3.8, 4) is 5.69 Å². The van der Waals surface area contributed by atoms with E-state index >= 15 is 0 Å². The van der Waals surface area contributed by atoms with Crippen LogP contribution < -0.4 is 5.32 Å². The van der Waals surface area contributed by atoms with Crippen LogP contribution in [-0.2, 0) is 11.2 Å². The maximum Gasteiger partial charge on any atom is 0.229 e. The molecule has 0 aliphatic rings. The van der Waals surface area contributed by atoms with Crippen LogP contribution in [0.1, 0.15) is 17.0 Å². The lowest BCUT2D eigenvalue weighted by molar-refractivity contribution is -0.115. The number of benzene rings is 2. The Hall–Kier alpha value is -3.02. The quantitative estimate of drug-likeness (QED) is 0.781. The van der Waals surface area contributed by atoms with Crippen LogP contribution in [0.25, 0.3) is 5.69 Å². The molecule has 3 aromatic rings. The predicted octanol–water partition coefficient (Wildman–Crippen LogP) is 3.95. The second-order valence-electron chi connectivity index (χ2n) is 5.72. The van der Waals surface area contributed by atoms with Crippen molar-refractivity contribution in [3.05, 3.63) is 77.1 Å². The molecule has 0 saturated carbocycles. The highest BCUT2D eigenvalue weighted by molar-refractivity contribution is 5.92. The first-order valence-electron chi connectivity index (χ1n) is 7.81. The molecule has 6 heteroatoms. The van der Waals surface area contributed by atoms with Crippen LogP contribution in [-0.4, -0.2) is 15.7 Å². The highest BCUT2D eigenvalue weighted by Crippen LogP contribution is 2.21. The molecule has 1 amide bonds. The summed E-state index contributed by atoms with van der Waals surface area (Å²) in [4.78, 5) is 12.3. The maximum absolute atomic E-state index is 13.7. The van der Waals surface area contributed by atoms with E-state index in [0.717, 1.165) is 29.1 Å². The molecule has 0 spiro atoms. The Labute approximate surface area is 144 Å². The van der Waals surface area contributed by atoms with E-state index in [1.807, 2.05) is 37.3 Å². The Balaban J connectivity index is 1.84. The number of carbonyl (C=O) groups is 1. The van der Waals surface area contributed by atoms with Gasteiger partial charge in [-0.2, -0.15) is 5.10 Å². The molecule has 1 N–H and O–H groups in total. The molecule has 0 saturated heterocycles. The number of hydrogen-bond acceptors (Lipinski definition) is 2. The van der Waals surface area contributed by atoms with E-state index in [1.54, 1.807) is 11.6 Å². The predicted molar refractivity (Wildman–Crippen MR) is 91.7 cm³/mol. The number of aryl methyl sites for hydroxylation is 1. The molecule has 25 heavy (non-hydrogen) atoms. The van der Waals surface area contributed by atoms with Crippen molar-refractivity contribution in [1.82, 2.24) is 9.78 Å². The number of amides is 1. The first-order valence-corrected chi connectivity index (χ1v) is 7.81. The van der Waals surface area contributed by atoms with E-state index in [-0.39, 0.29) is 6.42 Å². The van der Waals surface area contributed by atoms with Crippen LogP contribution in [0, 0.1) is 25.5 Å². The lowest BCUT2D eigenvalue weighted by Gasteiger charge is -2.08. The fourth-order valence-electron chi connectivity index (χ4n) is 2.71. The molecule has 0 unspecified atom stereocenters. The number of hydrogen-bond donors (Lipinski definition) is 1. The second kappa shape index (κ2) is 6.84. The zero-order valence-corrected chi connectivity index (χ0v) is 13.9. The van der Waals surface area contributed by atoms with Gasteiger partial charge < -0.3 is 5.32 Å². The van der Waals surface area contributed by atoms with E-state index in [1.165, 1.54) is 6.07 Å². The fraction of sp³-hybridized carbons (Fsp3) is 0.158. The summed E-state index contributed by atoms with van der Waals surface area (Å²) in [5.74, 6) is -2.11. The number of para-hydroxylation sites is 2. The molecule has 0 atom stereocenters. The molecule has 0 aliphatic carbocycles. The van der Waals surface area contributed by atoms with E-state index in [2.05, 4.69) is 10.4 Å². The third-order valence-electron chi connectivity index (χ3n) is 4.01. The number of carbonyl (C=O) groups excluding carboxylic acids is 1. The molecule has 4 nitrogen and oxygen atoms in total. The van der Waals surface area contributed by atoms with Crippen molar-refractivity contribution in [3.63, 3.8) is 0 Å². The van der Waals surface area contributed by atoms with Crippen LogP contribution in [0.2, 0.25) is 0 Å². The SMILES string of the molecule is Cc1nn(-c2ccccc2)c(C)c1CC(=O)Nc1c(F)cccc1F. The Morgan fingerprint density at radius 2 is 1.68 bits per heavy atom. The van der Waals surface area contributed by atoms with Gasteiger partial charge in [-0.05, 0) is 38.1 Å². The summed E-state index contributed by atoms with van der Waals surface area (Å²) in [6.07, 6.45) is -0.0156. The number of nitrogens with one attached hydrogen (secondary N) is 1. The topological polar surface area (TPSA) is 46.9 Å². The largest absolute Gasteiger partial charge is 0.321 e. The third-order valence-corrected chi connectivity index (χ3v) is 4.01. The Bertz CT molecular complexity index is 900. The average molecular weight is 341 g/mol. The molecule has 0 aliphatic heterocycles. The van der Waals surface area contributed by atoms with E-state index in [4.69, 9.17) is 0 Å². The molecule has 0 bridgehead atoms. The van der Waals surface area contributed by atoms with Gasteiger partial charge in [-0.25, -0.2) is 13.5 Å². The van der Waals surface area contributed by atoms with Crippen LogP contribution in [0.15, 0.2) is 48.5 Å². The van der Waals surface area contributed by atoms with Crippen LogP contribution >= 0.6 is 0 Å². The summed E-state index contributed by atoms with van der Waals surface area (Å²) in [5, 5.41) is 6.77. The van der Waals surface area contributed by atoms with Gasteiger partial charge in [0, 0.05) is 11.3 Å². The fourth-order valence-corrected chi connectivity index (χ4v) is 2.71. The first-order chi connectivity index (χ1) is 12.0. The summed E-state index contributed by atoms with van der Waals surface area (Å²) in [6, 6.07) is 13.0. The number of aromatic nitrogens is 2. The summed E-state index contributed by atoms with van der Waals surface area (Å²) in [6.45, 7) is 3.66. The van der Waals surface area contributed by atoms with Crippen molar-refractivity contribution < 1.29 is 13.6 Å². The molecule has 0 fully saturated rings. The summed E-state index contributed by atoms with van der Waals surface area (Å²) >= 11 is 0. The molecule has 1 aromatic heterocycles. The van der Waals surface area contributed by atoms with Crippen molar-refractivity contribution in [2.24, 2.45) is 0 Å². The molecule has 3 rings (SSSR count). The maximum atomic E-state index is 13.7. The van der Waals surface area contributed by atoms with Gasteiger partial charge in [-0.3, -0.25) is 4.79 Å². The van der Waals surface area contributed by atoms with Gasteiger partial charge in [0.2, 0.25) is 5.91 Å². The molecular weight excluding hydrogens is 324 g/mol. The first kappa shape index (κ1) is 16.8. The number of anilines is 1. The van der Waals surface area contributed by atoms with E-state index in [9.17, 15) is 13.6 Å². The molecule has 0 radical (unpaired) electrons. The second-order valence-corrected chi connectivity index (χ2v) is 5.72. The van der Waals surface area contributed by atoms with Crippen LogP contribution in [0.4, 0.5) is 14.5 Å². The standard InChI is InChI=1S/C19H17F2N3O/c1-12-15(13(2)24(23-12)14-7-4-3-5-8-14)11-18(25)22-19-16(20)9-6-10-17(19)21/h3-10H,11H2,1-2H3,(H,22,25). The highest BCUT2D eigenvalue weighted by Gasteiger charge is 2.18. The number of halogens is 2. The van der Waals surface area contributed by atoms with E-state index < -0.39 is 23.2 Å². The lowest BCUT2D eigenvalue weighted by atomic mass is 10.1. The van der Waals surface area contributed by atoms with Crippen molar-refractivity contribution in [2.45, 2.75) is 20.3 Å². The summed E-state index contributed by atoms with van der Waals surface area (Å²) in [5.41, 5.74) is 2.70. The van der Waals surface area contributed by atoms with Gasteiger partial charge in [0.15, 0.2) is 0 Å². The Kier molecular flexibility index (Phi) is 4.61. The highest BCUT2D eigenvalue weighted by atomic mass is 19.1. The molecule has 2 aromatic carbocycles. The monoisotopic (exact) mass is 341 g/mol. The zero-order chi connectivity index (χ0) is 18.0. The minimum atomic E-state index is -0.804. The van der Waals surface area contributed by atoms with Gasteiger partial charge in [0.1, 0.15) is 17.3 Å². The van der Waals surface area contributed by atoms with E-state index in [0.29, 0.717) is 5.69 Å². The Morgan fingerprint density at radius 1 is 1.04 bits per heavy atom. The normalized spacial score (nSPS) is 10.7. The van der Waals surface area contributed by atoms with Crippen molar-refractivity contribution in [2.75, 3.05) is 5.32 Å². The molecule has 128 valence electrons. The Morgan fingerprint density at radius 3 is 2.32 bits per heavy atom. The van der Waals surface area contributed by atoms with Gasteiger partial charge in [0.25, 0.3) is 0 Å². The van der Waals surface area contributed by atoms with Crippen LogP contribution in [0.5, 0.6) is 0 Å². The van der Waals surface area contributed by atoms with Gasteiger partial charge in [-0.1, -0.05) is 24.3 Å². The lowest BCUT2D eigenvalue weighted by Crippen LogP contribution is -2.17. The average Bonchev–Trinajstić information content (AvgIpc) is 2.87. The number of rotatable bonds is 4. The third kappa shape index (κ3) is 3.42. The molecular formula is C19H17F2N3O. The number of nitrogens with zero attached hydrogens (tertiary/aromatic N) is 2. The van der Waals surface area contributed by atoms with Gasteiger partial charge >= 0.3 is 0 Å². The minimum absolute atomic E-state index is 0.0156. The minimum Gasteiger partial charge on any atom is -0.321 e. The van der Waals surface area contributed by atoms with Crippen molar-refractivity contribution >= 4 is 11.6 Å². The molecule has 1 heterocycles. The zero-order valence-electron chi connectivity index (χ0n) is 13.9. The van der Waals surface area contributed by atoms with Crippen LogP contribution in [0.3, 0.4) is 0 Å². The van der Waals surface area contributed by atoms with Crippen molar-refractivity contribution in [1.29, 1.82) is 0 Å². The van der Waals surface area contributed by atoms with Gasteiger partial charge in [0.05, 0.1) is 17.8 Å². The summed E-state index contributed by atoms with van der Waals surface area (Å²) in [7, 11) is 0. The summed E-state index contributed by atoms with van der Waals surface area (Å²) < 4.78 is 29.1.